The van der Waals surface area contributed by atoms with Crippen LogP contribution in [0.1, 0.15) is 38.8 Å². The van der Waals surface area contributed by atoms with Gasteiger partial charge >= 0.3 is 12.3 Å². The van der Waals surface area contributed by atoms with E-state index in [1.165, 1.54) is 18.2 Å². The van der Waals surface area contributed by atoms with E-state index in [4.69, 9.17) is 4.74 Å². The minimum absolute atomic E-state index is 0.152. The molecule has 21 heavy (non-hydrogen) atoms. The minimum atomic E-state index is -4.77. The molecule has 3 nitrogen and oxygen atoms in total. The molecule has 0 bridgehead atoms. The molecule has 118 valence electrons. The molecule has 1 aromatic carbocycles. The molecule has 0 spiro atoms. The van der Waals surface area contributed by atoms with Crippen LogP contribution < -0.4 is 0 Å². The van der Waals surface area contributed by atoms with E-state index in [0.29, 0.717) is 5.56 Å². The van der Waals surface area contributed by atoms with Crippen LogP contribution >= 0.6 is 0 Å². The average molecular weight is 304 g/mol. The number of rotatable bonds is 2. The van der Waals surface area contributed by atoms with E-state index >= 15 is 0 Å². The van der Waals surface area contributed by atoms with Crippen LogP contribution in [-0.2, 0) is 15.1 Å². The number of carbonyl (C=O) groups is 1. The van der Waals surface area contributed by atoms with Crippen molar-refractivity contribution in [2.75, 3.05) is 0 Å². The van der Waals surface area contributed by atoms with E-state index in [9.17, 15) is 18.0 Å². The summed E-state index contributed by atoms with van der Waals surface area (Å²) in [5.41, 5.74) is -3.21. The maximum atomic E-state index is 13.4. The summed E-state index contributed by atoms with van der Waals surface area (Å²) in [7, 11) is 0. The molecule has 1 atom stereocenters. The molecular weight excluding hydrogens is 285 g/mol. The highest BCUT2D eigenvalue weighted by Gasteiger charge is 2.56. The fraction of sp³-hybridized carbons (Fsp3) is 0.533. The van der Waals surface area contributed by atoms with Crippen molar-refractivity contribution in [1.82, 2.24) is 0 Å². The Morgan fingerprint density at radius 1 is 1.05 bits per heavy atom. The van der Waals surface area contributed by atoms with Gasteiger partial charge in [0.2, 0.25) is 5.60 Å². The van der Waals surface area contributed by atoms with Crippen LogP contribution in [0.2, 0.25) is 0 Å². The first-order valence-electron chi connectivity index (χ1n) is 6.41. The summed E-state index contributed by atoms with van der Waals surface area (Å²) in [6, 6.07) is 5.74. The van der Waals surface area contributed by atoms with E-state index in [0.717, 1.165) is 6.92 Å². The van der Waals surface area contributed by atoms with Crippen LogP contribution in [0.25, 0.3) is 0 Å². The predicted molar refractivity (Wildman–Crippen MR) is 71.9 cm³/mol. The first-order valence-corrected chi connectivity index (χ1v) is 6.41. The lowest BCUT2D eigenvalue weighted by atomic mass is 9.94. The highest BCUT2D eigenvalue weighted by molar-refractivity contribution is 5.61. The van der Waals surface area contributed by atoms with E-state index in [-0.39, 0.29) is 5.56 Å². The number of hydrogen-bond donors (Lipinski definition) is 0. The molecule has 0 aliphatic rings. The second-order valence-electron chi connectivity index (χ2n) is 5.97. The lowest BCUT2D eigenvalue weighted by molar-refractivity contribution is -0.265. The van der Waals surface area contributed by atoms with Crippen LogP contribution in [0.3, 0.4) is 0 Å². The van der Waals surface area contributed by atoms with Gasteiger partial charge in [0.15, 0.2) is 0 Å². The fourth-order valence-corrected chi connectivity index (χ4v) is 1.66. The van der Waals surface area contributed by atoms with Gasteiger partial charge in [0.25, 0.3) is 0 Å². The molecule has 0 aliphatic carbocycles. The number of hydrogen-bond acceptors (Lipinski definition) is 3. The van der Waals surface area contributed by atoms with E-state index in [2.05, 4.69) is 4.74 Å². The summed E-state index contributed by atoms with van der Waals surface area (Å²) >= 11 is 0. The normalized spacial score (nSPS) is 15.2. The van der Waals surface area contributed by atoms with Gasteiger partial charge < -0.3 is 9.47 Å². The lowest BCUT2D eigenvalue weighted by Crippen LogP contribution is -2.44. The Bertz CT molecular complexity index is 518. The largest absolute Gasteiger partial charge is 0.510 e. The van der Waals surface area contributed by atoms with Gasteiger partial charge in [-0.2, -0.15) is 13.2 Å². The van der Waals surface area contributed by atoms with Crippen molar-refractivity contribution in [3.8, 4) is 0 Å². The fourth-order valence-electron chi connectivity index (χ4n) is 1.66. The molecule has 0 heterocycles. The smallest absolute Gasteiger partial charge is 0.429 e. The Morgan fingerprint density at radius 2 is 1.62 bits per heavy atom. The third-order valence-corrected chi connectivity index (χ3v) is 2.79. The standard InChI is InChI=1S/C15H19F3O3/c1-10-7-6-8-11(9-10)14(5,15(16,17)18)21-12(19)20-13(2,3)4/h6-9H,1-5H3. The van der Waals surface area contributed by atoms with E-state index in [1.54, 1.807) is 33.8 Å². The SMILES string of the molecule is Cc1cccc(C(C)(OC(=O)OC(C)(C)C)C(F)(F)F)c1. The molecule has 0 aromatic heterocycles. The zero-order chi connectivity index (χ0) is 16.5. The van der Waals surface area contributed by atoms with Gasteiger partial charge in [-0.1, -0.05) is 29.8 Å². The van der Waals surface area contributed by atoms with Crippen LogP contribution in [0.15, 0.2) is 24.3 Å². The Labute approximate surface area is 122 Å². The average Bonchev–Trinajstić information content (AvgIpc) is 2.24. The molecule has 0 radical (unpaired) electrons. The number of halogens is 3. The summed E-state index contributed by atoms with van der Waals surface area (Å²) in [5.74, 6) is 0. The summed E-state index contributed by atoms with van der Waals surface area (Å²) in [4.78, 5) is 11.6. The van der Waals surface area contributed by atoms with Gasteiger partial charge in [-0.3, -0.25) is 0 Å². The Kier molecular flexibility index (Phi) is 4.60. The van der Waals surface area contributed by atoms with Gasteiger partial charge in [-0.15, -0.1) is 0 Å². The van der Waals surface area contributed by atoms with Crippen molar-refractivity contribution in [3.63, 3.8) is 0 Å². The van der Waals surface area contributed by atoms with Crippen molar-refractivity contribution < 1.29 is 27.4 Å². The molecule has 0 aliphatic heterocycles. The number of benzene rings is 1. The zero-order valence-electron chi connectivity index (χ0n) is 12.7. The molecule has 0 fully saturated rings. The monoisotopic (exact) mass is 304 g/mol. The molecule has 0 amide bonds. The molecule has 0 N–H and O–H groups in total. The molecule has 1 aromatic rings. The topological polar surface area (TPSA) is 35.5 Å². The van der Waals surface area contributed by atoms with Gasteiger partial charge in [0, 0.05) is 5.56 Å². The summed E-state index contributed by atoms with van der Waals surface area (Å²) in [5, 5.41) is 0. The molecule has 6 heteroatoms. The van der Waals surface area contributed by atoms with E-state index < -0.39 is 23.5 Å². The Morgan fingerprint density at radius 3 is 2.05 bits per heavy atom. The maximum Gasteiger partial charge on any atom is 0.510 e. The third-order valence-electron chi connectivity index (χ3n) is 2.79. The van der Waals surface area contributed by atoms with Crippen LogP contribution in [0, 0.1) is 6.92 Å². The van der Waals surface area contributed by atoms with Gasteiger partial charge in [0.05, 0.1) is 0 Å². The van der Waals surface area contributed by atoms with Crippen LogP contribution in [0.4, 0.5) is 18.0 Å². The lowest BCUT2D eigenvalue weighted by Gasteiger charge is -2.33. The minimum Gasteiger partial charge on any atom is -0.429 e. The first kappa shape index (κ1) is 17.3. The number of alkyl halides is 3. The first-order chi connectivity index (χ1) is 9.35. The molecule has 0 saturated carbocycles. The quantitative estimate of drug-likeness (QED) is 0.741. The maximum absolute atomic E-state index is 13.4. The third kappa shape index (κ3) is 4.37. The van der Waals surface area contributed by atoms with Gasteiger partial charge in [0.1, 0.15) is 5.60 Å². The zero-order valence-corrected chi connectivity index (χ0v) is 12.7. The molecular formula is C15H19F3O3. The van der Waals surface area contributed by atoms with Crippen LogP contribution in [0.5, 0.6) is 0 Å². The highest BCUT2D eigenvalue weighted by Crippen LogP contribution is 2.42. The van der Waals surface area contributed by atoms with Gasteiger partial charge in [-0.25, -0.2) is 4.79 Å². The molecule has 1 rings (SSSR count). The van der Waals surface area contributed by atoms with Crippen molar-refractivity contribution in [3.05, 3.63) is 35.4 Å². The van der Waals surface area contributed by atoms with Crippen molar-refractivity contribution in [2.45, 2.75) is 52.0 Å². The van der Waals surface area contributed by atoms with Crippen LogP contribution in [-0.4, -0.2) is 17.9 Å². The summed E-state index contributed by atoms with van der Waals surface area (Å²) in [6.07, 6.45) is -6.12. The molecule has 0 saturated heterocycles. The summed E-state index contributed by atoms with van der Waals surface area (Å²) in [6.45, 7) is 7.11. The number of carbonyl (C=O) groups excluding carboxylic acids is 1. The second kappa shape index (κ2) is 5.58. The number of aryl methyl sites for hydroxylation is 1. The van der Waals surface area contributed by atoms with Crippen molar-refractivity contribution in [1.29, 1.82) is 0 Å². The predicted octanol–water partition coefficient (Wildman–Crippen LogP) is 4.72. The number of ether oxygens (including phenoxy) is 2. The summed E-state index contributed by atoms with van der Waals surface area (Å²) < 4.78 is 49.6. The van der Waals surface area contributed by atoms with Gasteiger partial charge in [-0.05, 0) is 34.6 Å². The van der Waals surface area contributed by atoms with Crippen molar-refractivity contribution in [2.24, 2.45) is 0 Å². The van der Waals surface area contributed by atoms with E-state index in [1.807, 2.05) is 0 Å². The Balaban J connectivity index is 3.15. The molecule has 1 unspecified atom stereocenters. The Hall–Kier alpha value is -1.72. The van der Waals surface area contributed by atoms with Crippen molar-refractivity contribution >= 4 is 6.16 Å². The second-order valence-corrected chi connectivity index (χ2v) is 5.97. The highest BCUT2D eigenvalue weighted by atomic mass is 19.4.